The van der Waals surface area contributed by atoms with Crippen LogP contribution in [0.2, 0.25) is 0 Å². The number of aromatic nitrogens is 1. The van der Waals surface area contributed by atoms with Crippen LogP contribution in [0, 0.1) is 5.82 Å². The fourth-order valence-electron chi connectivity index (χ4n) is 6.23. The van der Waals surface area contributed by atoms with Crippen LogP contribution in [0.4, 0.5) is 30.7 Å². The summed E-state index contributed by atoms with van der Waals surface area (Å²) in [5.41, 5.74) is -2.45. The van der Waals surface area contributed by atoms with Crippen LogP contribution in [0.25, 0.3) is 0 Å². The van der Waals surface area contributed by atoms with Gasteiger partial charge < -0.3 is 19.3 Å². The van der Waals surface area contributed by atoms with Crippen molar-refractivity contribution >= 4 is 11.8 Å². The van der Waals surface area contributed by atoms with Crippen molar-refractivity contribution in [1.29, 1.82) is 0 Å². The van der Waals surface area contributed by atoms with Gasteiger partial charge in [-0.1, -0.05) is 19.4 Å². The molecule has 2 amide bonds. The van der Waals surface area contributed by atoms with Crippen LogP contribution in [-0.2, 0) is 23.9 Å². The Morgan fingerprint density at radius 3 is 2.37 bits per heavy atom. The second kappa shape index (κ2) is 12.8. The van der Waals surface area contributed by atoms with E-state index in [-0.39, 0.29) is 44.6 Å². The Morgan fingerprint density at radius 1 is 0.978 bits per heavy atom. The molecule has 0 radical (unpaired) electrons. The number of fused-ring (bicyclic) bond motifs is 1. The predicted octanol–water partition coefficient (Wildman–Crippen LogP) is 6.95. The van der Waals surface area contributed by atoms with Gasteiger partial charge in [-0.05, 0) is 78.9 Å². The highest BCUT2D eigenvalue weighted by Gasteiger charge is 2.56. The third kappa shape index (κ3) is 6.90. The maximum absolute atomic E-state index is 14.6. The molecule has 5 rings (SSSR count). The molecule has 2 unspecified atom stereocenters. The molecule has 0 aliphatic carbocycles. The number of ether oxygens (including phenoxy) is 2. The molecule has 3 heterocycles. The Morgan fingerprint density at radius 2 is 1.70 bits per heavy atom. The normalized spacial score (nSPS) is 20.2. The van der Waals surface area contributed by atoms with Crippen LogP contribution >= 0.6 is 0 Å². The van der Waals surface area contributed by atoms with Crippen LogP contribution in [0.3, 0.4) is 0 Å². The number of rotatable bonds is 7. The van der Waals surface area contributed by atoms with Crippen LogP contribution in [0.1, 0.15) is 59.8 Å². The Bertz CT molecular complexity index is 1580. The van der Waals surface area contributed by atoms with Crippen molar-refractivity contribution in [3.63, 3.8) is 0 Å². The summed E-state index contributed by atoms with van der Waals surface area (Å²) in [5, 5.41) is 0. The summed E-state index contributed by atoms with van der Waals surface area (Å²) < 4.78 is 104. The Labute approximate surface area is 259 Å². The van der Waals surface area contributed by atoms with Gasteiger partial charge in [0, 0.05) is 32.3 Å². The first kappa shape index (κ1) is 33.0. The van der Waals surface area contributed by atoms with Crippen molar-refractivity contribution in [2.45, 2.75) is 69.8 Å². The molecular formula is C32H30F7N3O4. The van der Waals surface area contributed by atoms with Gasteiger partial charge >= 0.3 is 12.5 Å². The minimum Gasteiger partial charge on any atom is -0.475 e. The van der Waals surface area contributed by atoms with Crippen LogP contribution in [0.5, 0.6) is 11.5 Å². The van der Waals surface area contributed by atoms with Gasteiger partial charge in [0.25, 0.3) is 11.8 Å². The molecule has 246 valence electrons. The average molecular weight is 654 g/mol. The van der Waals surface area contributed by atoms with E-state index < -0.39 is 58.8 Å². The van der Waals surface area contributed by atoms with E-state index in [1.54, 1.807) is 13.0 Å². The maximum Gasteiger partial charge on any atom is 0.573 e. The van der Waals surface area contributed by atoms with Gasteiger partial charge in [0.2, 0.25) is 5.60 Å². The fourth-order valence-corrected chi connectivity index (χ4v) is 6.23. The van der Waals surface area contributed by atoms with Gasteiger partial charge in [-0.25, -0.2) is 4.39 Å². The lowest BCUT2D eigenvalue weighted by Crippen LogP contribution is -2.68. The molecule has 0 spiro atoms. The highest BCUT2D eigenvalue weighted by Crippen LogP contribution is 2.40. The highest BCUT2D eigenvalue weighted by molar-refractivity contribution is 5.96. The number of likely N-dealkylation sites (tertiary alicyclic amines) is 1. The molecule has 2 aliphatic rings. The minimum atomic E-state index is -4.94. The number of amides is 2. The molecule has 2 aliphatic heterocycles. The van der Waals surface area contributed by atoms with Crippen LogP contribution < -0.4 is 9.47 Å². The third-order valence-electron chi connectivity index (χ3n) is 8.19. The van der Waals surface area contributed by atoms with Gasteiger partial charge in [-0.2, -0.15) is 13.2 Å². The van der Waals surface area contributed by atoms with Gasteiger partial charge in [-0.15, -0.1) is 13.2 Å². The zero-order valence-corrected chi connectivity index (χ0v) is 24.6. The first-order valence-electron chi connectivity index (χ1n) is 14.7. The summed E-state index contributed by atoms with van der Waals surface area (Å²) in [6.45, 7) is 2.05. The van der Waals surface area contributed by atoms with E-state index in [2.05, 4.69) is 9.72 Å². The number of carbonyl (C=O) groups excluding carboxylic acids is 2. The Hall–Kier alpha value is -4.36. The van der Waals surface area contributed by atoms with Gasteiger partial charge in [-0.3, -0.25) is 14.6 Å². The smallest absolute Gasteiger partial charge is 0.475 e. The molecular weight excluding hydrogens is 623 g/mol. The molecule has 1 aromatic heterocycles. The summed E-state index contributed by atoms with van der Waals surface area (Å²) in [5.74, 6) is -2.54. The number of piperidine rings is 1. The lowest BCUT2D eigenvalue weighted by molar-refractivity contribution is -0.274. The molecule has 2 atom stereocenters. The van der Waals surface area contributed by atoms with Crippen LogP contribution in [-0.4, -0.2) is 57.7 Å². The number of carbonyl (C=O) groups is 2. The quantitative estimate of drug-likeness (QED) is 0.259. The predicted molar refractivity (Wildman–Crippen MR) is 150 cm³/mol. The van der Waals surface area contributed by atoms with Crippen molar-refractivity contribution in [3.05, 3.63) is 89.0 Å². The second-order valence-electron chi connectivity index (χ2n) is 11.2. The first-order chi connectivity index (χ1) is 21.7. The Kier molecular flexibility index (Phi) is 9.19. The summed E-state index contributed by atoms with van der Waals surface area (Å²) >= 11 is 0. The van der Waals surface area contributed by atoms with Gasteiger partial charge in [0.15, 0.2) is 0 Å². The van der Waals surface area contributed by atoms with Gasteiger partial charge in [0.05, 0.1) is 11.6 Å². The van der Waals surface area contributed by atoms with E-state index >= 15 is 0 Å². The van der Waals surface area contributed by atoms with Crippen molar-refractivity contribution in [3.8, 4) is 11.5 Å². The summed E-state index contributed by atoms with van der Waals surface area (Å²) in [4.78, 5) is 35.0. The molecule has 7 nitrogen and oxygen atoms in total. The standard InChI is InChI=1S/C32H30F7N3O4/c1-2-5-26-30(45-23-9-11-24(12-10-23)46-32(37,38)39,29(44)41-17-13-20-18-22(33)8-7-21(20)19-41)14-4-16-42(26)28(43)27-25(31(34,35)36)6-3-15-40-27/h3,6-12,15,18,26H,2,4-5,13-14,16-17,19H2,1H3. The van der Waals surface area contributed by atoms with Crippen molar-refractivity contribution in [2.24, 2.45) is 0 Å². The second-order valence-corrected chi connectivity index (χ2v) is 11.2. The summed E-state index contributed by atoms with van der Waals surface area (Å²) in [7, 11) is 0. The lowest BCUT2D eigenvalue weighted by atomic mass is 9.79. The third-order valence-corrected chi connectivity index (χ3v) is 8.19. The van der Waals surface area contributed by atoms with Crippen molar-refractivity contribution in [1.82, 2.24) is 14.8 Å². The monoisotopic (exact) mass is 653 g/mol. The zero-order chi connectivity index (χ0) is 33.3. The number of hydrogen-bond acceptors (Lipinski definition) is 5. The number of pyridine rings is 1. The fraction of sp³-hybridized carbons (Fsp3) is 0.406. The highest BCUT2D eigenvalue weighted by atomic mass is 19.4. The van der Waals surface area contributed by atoms with E-state index in [1.807, 2.05) is 0 Å². The number of hydrogen-bond donors (Lipinski definition) is 0. The molecule has 2 aromatic carbocycles. The van der Waals surface area contributed by atoms with E-state index in [9.17, 15) is 40.3 Å². The molecule has 0 saturated carbocycles. The number of benzene rings is 2. The van der Waals surface area contributed by atoms with E-state index in [0.29, 0.717) is 18.4 Å². The zero-order valence-electron chi connectivity index (χ0n) is 24.6. The first-order valence-corrected chi connectivity index (χ1v) is 14.7. The van der Waals surface area contributed by atoms with Crippen molar-refractivity contribution < 1.29 is 49.8 Å². The molecule has 14 heteroatoms. The average Bonchev–Trinajstić information content (AvgIpc) is 3.01. The number of alkyl halides is 6. The Balaban J connectivity index is 1.56. The molecule has 1 saturated heterocycles. The van der Waals surface area contributed by atoms with E-state index in [0.717, 1.165) is 36.0 Å². The topological polar surface area (TPSA) is 72.0 Å². The molecule has 46 heavy (non-hydrogen) atoms. The molecule has 0 bridgehead atoms. The molecule has 0 N–H and O–H groups in total. The van der Waals surface area contributed by atoms with E-state index in [1.165, 1.54) is 34.1 Å². The maximum atomic E-state index is 14.6. The SMILES string of the molecule is CCCC1N(C(=O)c2ncccc2C(F)(F)F)CCCC1(Oc1ccc(OC(F)(F)F)cc1)C(=O)N1CCc2cc(F)ccc2C1. The number of halogens is 7. The molecule has 3 aromatic rings. The molecule has 1 fully saturated rings. The van der Waals surface area contributed by atoms with Crippen LogP contribution in [0.15, 0.2) is 60.8 Å². The van der Waals surface area contributed by atoms with E-state index in [4.69, 9.17) is 4.74 Å². The lowest BCUT2D eigenvalue weighted by Gasteiger charge is -2.50. The minimum absolute atomic E-state index is 0.00780. The number of nitrogens with zero attached hydrogens (tertiary/aromatic N) is 3. The summed E-state index contributed by atoms with van der Waals surface area (Å²) in [6.07, 6.45) is -7.64. The largest absolute Gasteiger partial charge is 0.573 e. The van der Waals surface area contributed by atoms with Gasteiger partial charge in [0.1, 0.15) is 23.0 Å². The summed E-state index contributed by atoms with van der Waals surface area (Å²) in [6, 6.07) is 9.38. The van der Waals surface area contributed by atoms with Crippen molar-refractivity contribution in [2.75, 3.05) is 13.1 Å².